The zero-order valence-electron chi connectivity index (χ0n) is 16.6. The highest BCUT2D eigenvalue weighted by Crippen LogP contribution is 2.27. The van der Waals surface area contributed by atoms with Crippen LogP contribution in [0.2, 0.25) is 0 Å². The molecule has 0 saturated carbocycles. The molecular weight excluding hydrogens is 398 g/mol. The Morgan fingerprint density at radius 3 is 2.30 bits per heavy atom. The van der Waals surface area contributed by atoms with Crippen LogP contribution in [0.25, 0.3) is 21.7 Å². The normalized spacial score (nSPS) is 14.7. The number of hydrogen-bond acceptors (Lipinski definition) is 5. The van der Waals surface area contributed by atoms with Crippen LogP contribution in [0.5, 0.6) is 0 Å². The van der Waals surface area contributed by atoms with E-state index in [2.05, 4.69) is 62.6 Å². The first-order valence-electron chi connectivity index (χ1n) is 10.1. The number of rotatable bonds is 4. The van der Waals surface area contributed by atoms with E-state index in [4.69, 9.17) is 0 Å². The van der Waals surface area contributed by atoms with E-state index in [1.54, 1.807) is 0 Å². The number of benzene rings is 3. The molecule has 1 fully saturated rings. The fraction of sp³-hybridized carbons (Fsp3) is 0.261. The lowest BCUT2D eigenvalue weighted by Crippen LogP contribution is -2.47. The van der Waals surface area contributed by atoms with E-state index in [9.17, 15) is 4.79 Å². The fourth-order valence-electron chi connectivity index (χ4n) is 4.10. The molecule has 1 aliphatic heterocycles. The van der Waals surface area contributed by atoms with Crippen LogP contribution < -0.4 is 10.5 Å². The van der Waals surface area contributed by atoms with Crippen LogP contribution in [-0.2, 0) is 6.54 Å². The summed E-state index contributed by atoms with van der Waals surface area (Å²) in [6, 6.07) is 22.4. The number of halogens is 1. The molecule has 0 amide bonds. The Bertz CT molecular complexity index is 1210. The minimum Gasteiger partial charge on any atom is -0.368 e. The Morgan fingerprint density at radius 2 is 1.47 bits per heavy atom. The molecule has 3 aromatic carbocycles. The van der Waals surface area contributed by atoms with Crippen LogP contribution in [0, 0.1) is 0 Å². The highest BCUT2D eigenvalue weighted by molar-refractivity contribution is 5.94. The lowest BCUT2D eigenvalue weighted by molar-refractivity contribution is 0.242. The van der Waals surface area contributed by atoms with Crippen molar-refractivity contribution in [1.29, 1.82) is 0 Å². The van der Waals surface area contributed by atoms with Crippen molar-refractivity contribution in [2.24, 2.45) is 0 Å². The van der Waals surface area contributed by atoms with Crippen LogP contribution in [0.4, 0.5) is 5.69 Å². The molecule has 1 aromatic heterocycles. The monoisotopic (exact) mass is 421 g/mol. The minimum atomic E-state index is -0.0648. The molecule has 0 N–H and O–H groups in total. The summed E-state index contributed by atoms with van der Waals surface area (Å²) in [5.74, 6) is 0. The standard InChI is InChI=1S/C23H23N5O.ClH/c29-23-20-9-3-4-10-21(20)24-25-28(23)17-14-26-12-15-27(16-13-26)22-11-5-7-18-6-1-2-8-19(18)22;/h1-11H,12-17H2;1H. The molecule has 30 heavy (non-hydrogen) atoms. The molecule has 0 spiro atoms. The lowest BCUT2D eigenvalue weighted by atomic mass is 10.1. The fourth-order valence-corrected chi connectivity index (χ4v) is 4.10. The van der Waals surface area contributed by atoms with Crippen LogP contribution in [0.1, 0.15) is 0 Å². The van der Waals surface area contributed by atoms with Crippen LogP contribution in [0.3, 0.4) is 0 Å². The topological polar surface area (TPSA) is 54.3 Å². The molecule has 1 saturated heterocycles. The third kappa shape index (κ3) is 3.88. The van der Waals surface area contributed by atoms with Crippen molar-refractivity contribution >= 4 is 39.8 Å². The maximum absolute atomic E-state index is 12.6. The molecular formula is C23H24ClN5O. The van der Waals surface area contributed by atoms with Gasteiger partial charge in [-0.25, -0.2) is 4.68 Å². The van der Waals surface area contributed by atoms with Gasteiger partial charge in [-0.05, 0) is 23.6 Å². The predicted molar refractivity (Wildman–Crippen MR) is 124 cm³/mol. The van der Waals surface area contributed by atoms with E-state index in [0.717, 1.165) is 32.7 Å². The summed E-state index contributed by atoms with van der Waals surface area (Å²) in [7, 11) is 0. The van der Waals surface area contributed by atoms with Gasteiger partial charge in [0.05, 0.1) is 11.9 Å². The van der Waals surface area contributed by atoms with Crippen molar-refractivity contribution in [2.45, 2.75) is 6.54 Å². The van der Waals surface area contributed by atoms with Gasteiger partial charge in [-0.1, -0.05) is 53.7 Å². The van der Waals surface area contributed by atoms with Crippen molar-refractivity contribution < 1.29 is 0 Å². The van der Waals surface area contributed by atoms with Gasteiger partial charge in [0.25, 0.3) is 5.56 Å². The summed E-state index contributed by atoms with van der Waals surface area (Å²) < 4.78 is 1.49. The average molecular weight is 422 g/mol. The van der Waals surface area contributed by atoms with Crippen molar-refractivity contribution in [3.8, 4) is 0 Å². The van der Waals surface area contributed by atoms with Gasteiger partial charge in [-0.3, -0.25) is 9.69 Å². The van der Waals surface area contributed by atoms with Crippen molar-refractivity contribution in [2.75, 3.05) is 37.6 Å². The molecule has 0 bridgehead atoms. The first-order valence-corrected chi connectivity index (χ1v) is 10.1. The molecule has 0 unspecified atom stereocenters. The summed E-state index contributed by atoms with van der Waals surface area (Å²) in [5, 5.41) is 11.5. The average Bonchev–Trinajstić information content (AvgIpc) is 2.79. The molecule has 6 nitrogen and oxygen atoms in total. The summed E-state index contributed by atoms with van der Waals surface area (Å²) in [4.78, 5) is 17.4. The zero-order valence-corrected chi connectivity index (χ0v) is 17.5. The third-order valence-corrected chi connectivity index (χ3v) is 5.74. The number of anilines is 1. The molecule has 0 atom stereocenters. The quantitative estimate of drug-likeness (QED) is 0.506. The molecule has 7 heteroatoms. The number of nitrogens with zero attached hydrogens (tertiary/aromatic N) is 5. The van der Waals surface area contributed by atoms with Crippen molar-refractivity contribution in [3.05, 3.63) is 77.1 Å². The summed E-state index contributed by atoms with van der Waals surface area (Å²) in [6.07, 6.45) is 0. The Hall–Kier alpha value is -2.96. The SMILES string of the molecule is Cl.O=c1c2ccccc2nnn1CCN1CCN(c2cccc3ccccc23)CC1. The third-order valence-electron chi connectivity index (χ3n) is 5.74. The van der Waals surface area contributed by atoms with Gasteiger partial charge in [-0.15, -0.1) is 17.5 Å². The van der Waals surface area contributed by atoms with E-state index in [1.165, 1.54) is 21.1 Å². The van der Waals surface area contributed by atoms with Crippen LogP contribution in [-0.4, -0.2) is 52.6 Å². The van der Waals surface area contributed by atoms with Gasteiger partial charge in [-0.2, -0.15) is 0 Å². The van der Waals surface area contributed by atoms with E-state index in [0.29, 0.717) is 17.4 Å². The Kier molecular flexibility index (Phi) is 5.97. The largest absolute Gasteiger partial charge is 0.368 e. The van der Waals surface area contributed by atoms with Gasteiger partial charge in [0.2, 0.25) is 0 Å². The minimum absolute atomic E-state index is 0. The van der Waals surface area contributed by atoms with Gasteiger partial charge >= 0.3 is 0 Å². The van der Waals surface area contributed by atoms with E-state index in [1.807, 2.05) is 24.3 Å². The van der Waals surface area contributed by atoms with Gasteiger partial charge < -0.3 is 4.90 Å². The van der Waals surface area contributed by atoms with E-state index in [-0.39, 0.29) is 18.0 Å². The second kappa shape index (κ2) is 8.81. The van der Waals surface area contributed by atoms with Gasteiger partial charge in [0, 0.05) is 43.8 Å². The number of hydrogen-bond donors (Lipinski definition) is 0. The lowest BCUT2D eigenvalue weighted by Gasteiger charge is -2.36. The molecule has 5 rings (SSSR count). The second-order valence-corrected chi connectivity index (χ2v) is 7.46. The molecule has 2 heterocycles. The summed E-state index contributed by atoms with van der Waals surface area (Å²) in [6.45, 7) is 5.26. The number of fused-ring (bicyclic) bond motifs is 2. The number of aromatic nitrogens is 3. The van der Waals surface area contributed by atoms with Crippen molar-refractivity contribution in [1.82, 2.24) is 19.9 Å². The predicted octanol–water partition coefficient (Wildman–Crippen LogP) is 3.19. The summed E-state index contributed by atoms with van der Waals surface area (Å²) >= 11 is 0. The van der Waals surface area contributed by atoms with Crippen LogP contribution in [0.15, 0.2) is 71.5 Å². The molecule has 4 aromatic rings. The smallest absolute Gasteiger partial charge is 0.277 e. The number of piperazine rings is 1. The van der Waals surface area contributed by atoms with E-state index >= 15 is 0 Å². The maximum atomic E-state index is 12.6. The maximum Gasteiger partial charge on any atom is 0.277 e. The first kappa shape index (κ1) is 20.3. The van der Waals surface area contributed by atoms with Gasteiger partial charge in [0.15, 0.2) is 0 Å². The zero-order chi connectivity index (χ0) is 19.6. The Labute approximate surface area is 181 Å². The highest BCUT2D eigenvalue weighted by Gasteiger charge is 2.18. The summed E-state index contributed by atoms with van der Waals surface area (Å²) in [5.41, 5.74) is 1.89. The Balaban J connectivity index is 0.00000218. The second-order valence-electron chi connectivity index (χ2n) is 7.46. The van der Waals surface area contributed by atoms with Gasteiger partial charge in [0.1, 0.15) is 5.52 Å². The molecule has 1 aliphatic rings. The molecule has 0 radical (unpaired) electrons. The van der Waals surface area contributed by atoms with Crippen molar-refractivity contribution in [3.63, 3.8) is 0 Å². The first-order chi connectivity index (χ1) is 14.3. The van der Waals surface area contributed by atoms with Crippen LogP contribution >= 0.6 is 12.4 Å². The van der Waals surface area contributed by atoms with E-state index < -0.39 is 0 Å². The highest BCUT2D eigenvalue weighted by atomic mass is 35.5. The molecule has 0 aliphatic carbocycles. The Morgan fingerprint density at radius 1 is 0.767 bits per heavy atom. The molecule has 154 valence electrons.